The van der Waals surface area contributed by atoms with Crippen molar-refractivity contribution in [1.29, 1.82) is 0 Å². The summed E-state index contributed by atoms with van der Waals surface area (Å²) in [5.41, 5.74) is 0. The van der Waals surface area contributed by atoms with Gasteiger partial charge >= 0.3 is 5.97 Å². The molecule has 0 amide bonds. The van der Waals surface area contributed by atoms with E-state index in [1.165, 1.54) is 6.20 Å². The summed E-state index contributed by atoms with van der Waals surface area (Å²) in [5.74, 6) is -0.648. The minimum absolute atomic E-state index is 0.0436. The number of carboxylic acids is 1. The zero-order chi connectivity index (χ0) is 11.4. The Morgan fingerprint density at radius 2 is 2.27 bits per heavy atom. The van der Waals surface area contributed by atoms with Crippen LogP contribution in [0.15, 0.2) is 6.20 Å². The first kappa shape index (κ1) is 12.4. The molecule has 0 radical (unpaired) electrons. The Labute approximate surface area is 95.8 Å². The fourth-order valence-corrected chi connectivity index (χ4v) is 2.04. The zero-order valence-corrected chi connectivity index (χ0v) is 9.41. The van der Waals surface area contributed by atoms with Crippen molar-refractivity contribution in [2.75, 3.05) is 5.75 Å². The van der Waals surface area contributed by atoms with Crippen LogP contribution >= 0.6 is 24.0 Å². The monoisotopic (exact) mass is 249 g/mol. The summed E-state index contributed by atoms with van der Waals surface area (Å²) in [7, 11) is 0. The van der Waals surface area contributed by atoms with Crippen molar-refractivity contribution in [3.8, 4) is 0 Å². The predicted octanol–water partition coefficient (Wildman–Crippen LogP) is 0.555. The number of hydrogen-bond donors (Lipinski definition) is 4. The molecule has 5 nitrogen and oxygen atoms in total. The molecule has 0 fully saturated rings. The molecule has 0 spiro atoms. The molecule has 15 heavy (non-hydrogen) atoms. The Morgan fingerprint density at radius 1 is 1.60 bits per heavy atom. The van der Waals surface area contributed by atoms with Crippen LogP contribution < -0.4 is 0 Å². The van der Waals surface area contributed by atoms with Gasteiger partial charge < -0.3 is 15.3 Å². The van der Waals surface area contributed by atoms with Gasteiger partial charge in [0.1, 0.15) is 16.0 Å². The highest BCUT2D eigenvalue weighted by molar-refractivity contribution is 7.80. The number of hydrogen-bond acceptors (Lipinski definition) is 6. The first-order chi connectivity index (χ1) is 7.06. The van der Waals surface area contributed by atoms with Crippen molar-refractivity contribution in [3.05, 3.63) is 16.1 Å². The fourth-order valence-electron chi connectivity index (χ4n) is 0.978. The first-order valence-electron chi connectivity index (χ1n) is 4.22. The molecule has 0 aromatic carbocycles. The Morgan fingerprint density at radius 3 is 2.73 bits per heavy atom. The largest absolute Gasteiger partial charge is 0.477 e. The molecule has 1 aromatic rings. The van der Waals surface area contributed by atoms with Gasteiger partial charge in [0.15, 0.2) is 0 Å². The van der Waals surface area contributed by atoms with Crippen LogP contribution in [0.1, 0.15) is 27.2 Å². The highest BCUT2D eigenvalue weighted by atomic mass is 32.1. The average Bonchev–Trinajstić information content (AvgIpc) is 2.65. The number of rotatable bonds is 5. The molecule has 1 heterocycles. The Kier molecular flexibility index (Phi) is 4.52. The van der Waals surface area contributed by atoms with Crippen LogP contribution in [0.5, 0.6) is 0 Å². The lowest BCUT2D eigenvalue weighted by Crippen LogP contribution is -2.18. The number of thiol groups is 1. The van der Waals surface area contributed by atoms with Crippen LogP contribution in [0.3, 0.4) is 0 Å². The summed E-state index contributed by atoms with van der Waals surface area (Å²) in [4.78, 5) is 14.3. The van der Waals surface area contributed by atoms with E-state index < -0.39 is 18.2 Å². The molecule has 0 bridgehead atoms. The lowest BCUT2D eigenvalue weighted by atomic mass is 10.2. The quantitative estimate of drug-likeness (QED) is 0.572. The molecule has 2 atom stereocenters. The maximum atomic E-state index is 10.5. The third kappa shape index (κ3) is 3.16. The third-order valence-electron chi connectivity index (χ3n) is 1.78. The molecule has 1 rings (SSSR count). The van der Waals surface area contributed by atoms with Crippen LogP contribution in [0.25, 0.3) is 0 Å². The van der Waals surface area contributed by atoms with E-state index in [0.717, 1.165) is 11.3 Å². The topological polar surface area (TPSA) is 90.7 Å². The second-order valence-corrected chi connectivity index (χ2v) is 4.40. The SMILES string of the molecule is O=C(O)c1cnc(C(O)C(O)CCS)s1. The Bertz CT molecular complexity index is 341. The van der Waals surface area contributed by atoms with Crippen molar-refractivity contribution in [2.45, 2.75) is 18.6 Å². The van der Waals surface area contributed by atoms with Crippen molar-refractivity contribution < 1.29 is 20.1 Å². The van der Waals surface area contributed by atoms with Crippen molar-refractivity contribution in [1.82, 2.24) is 4.98 Å². The van der Waals surface area contributed by atoms with Gasteiger partial charge in [0.05, 0.1) is 12.3 Å². The minimum Gasteiger partial charge on any atom is -0.477 e. The van der Waals surface area contributed by atoms with Crippen molar-refractivity contribution in [2.24, 2.45) is 0 Å². The van der Waals surface area contributed by atoms with Gasteiger partial charge in [-0.3, -0.25) is 0 Å². The van der Waals surface area contributed by atoms with Gasteiger partial charge in [0.2, 0.25) is 0 Å². The van der Waals surface area contributed by atoms with Gasteiger partial charge in [-0.2, -0.15) is 12.6 Å². The highest BCUT2D eigenvalue weighted by Crippen LogP contribution is 2.24. The van der Waals surface area contributed by atoms with Crippen LogP contribution in [0.2, 0.25) is 0 Å². The maximum absolute atomic E-state index is 10.5. The van der Waals surface area contributed by atoms with E-state index in [-0.39, 0.29) is 9.88 Å². The maximum Gasteiger partial charge on any atom is 0.347 e. The van der Waals surface area contributed by atoms with Gasteiger partial charge in [0, 0.05) is 0 Å². The predicted molar refractivity (Wildman–Crippen MR) is 58.5 cm³/mol. The number of thiazole rings is 1. The smallest absolute Gasteiger partial charge is 0.347 e. The van der Waals surface area contributed by atoms with Crippen LogP contribution in [-0.4, -0.2) is 38.1 Å². The van der Waals surface area contributed by atoms with Gasteiger partial charge in [-0.15, -0.1) is 11.3 Å². The molecule has 2 unspecified atom stereocenters. The molecule has 1 aromatic heterocycles. The number of carboxylic acid groups (broad SMARTS) is 1. The average molecular weight is 249 g/mol. The summed E-state index contributed by atoms with van der Waals surface area (Å²) >= 11 is 4.78. The molecule has 0 saturated heterocycles. The van der Waals surface area contributed by atoms with Crippen LogP contribution in [-0.2, 0) is 0 Å². The summed E-state index contributed by atoms with van der Waals surface area (Å²) in [6, 6.07) is 0. The summed E-state index contributed by atoms with van der Waals surface area (Å²) in [6.07, 6.45) is -0.615. The number of nitrogens with zero attached hydrogens (tertiary/aromatic N) is 1. The number of carbonyl (C=O) groups is 1. The van der Waals surface area contributed by atoms with Crippen LogP contribution in [0, 0.1) is 0 Å². The molecule has 7 heteroatoms. The van der Waals surface area contributed by atoms with Crippen LogP contribution in [0.4, 0.5) is 0 Å². The number of aromatic carboxylic acids is 1. The number of aliphatic hydroxyl groups is 2. The van der Waals surface area contributed by atoms with E-state index in [1.807, 2.05) is 0 Å². The van der Waals surface area contributed by atoms with Crippen molar-refractivity contribution in [3.63, 3.8) is 0 Å². The fraction of sp³-hybridized carbons (Fsp3) is 0.500. The molecule has 0 saturated carbocycles. The van der Waals surface area contributed by atoms with Gasteiger partial charge in [-0.25, -0.2) is 9.78 Å². The normalized spacial score (nSPS) is 14.9. The van der Waals surface area contributed by atoms with E-state index in [1.54, 1.807) is 0 Å². The van der Waals surface area contributed by atoms with E-state index in [9.17, 15) is 15.0 Å². The van der Waals surface area contributed by atoms with Gasteiger partial charge in [0.25, 0.3) is 0 Å². The van der Waals surface area contributed by atoms with E-state index in [4.69, 9.17) is 5.11 Å². The first-order valence-corrected chi connectivity index (χ1v) is 5.67. The molecule has 0 aliphatic carbocycles. The number of aliphatic hydroxyl groups excluding tert-OH is 2. The highest BCUT2D eigenvalue weighted by Gasteiger charge is 2.22. The molecule has 3 N–H and O–H groups in total. The Balaban J connectivity index is 2.73. The van der Waals surface area contributed by atoms with Crippen molar-refractivity contribution >= 4 is 29.9 Å². The lowest BCUT2D eigenvalue weighted by Gasteiger charge is -2.13. The molecular formula is C8H11NO4S2. The van der Waals surface area contributed by atoms with E-state index in [2.05, 4.69) is 17.6 Å². The molecule has 0 aliphatic rings. The second-order valence-electron chi connectivity index (χ2n) is 2.89. The molecule has 84 valence electrons. The minimum atomic E-state index is -1.14. The van der Waals surface area contributed by atoms with E-state index >= 15 is 0 Å². The van der Waals surface area contributed by atoms with E-state index in [0.29, 0.717) is 12.2 Å². The lowest BCUT2D eigenvalue weighted by molar-refractivity contribution is 0.0171. The summed E-state index contributed by atoms with van der Waals surface area (Å²) < 4.78 is 0. The van der Waals surface area contributed by atoms with Gasteiger partial charge in [-0.1, -0.05) is 0 Å². The molecule has 0 aliphatic heterocycles. The third-order valence-corrected chi connectivity index (χ3v) is 3.09. The standard InChI is InChI=1S/C8H11NO4S2/c10-4(1-2-14)6(11)7-9-3-5(15-7)8(12)13/h3-4,6,10-11,14H,1-2H2,(H,12,13). The summed E-state index contributed by atoms with van der Waals surface area (Å²) in [5, 5.41) is 27.9. The second kappa shape index (κ2) is 5.45. The molecular weight excluding hydrogens is 238 g/mol. The number of aromatic nitrogens is 1. The van der Waals surface area contributed by atoms with Gasteiger partial charge in [-0.05, 0) is 12.2 Å². The Hall–Kier alpha value is -0.630. The summed E-state index contributed by atoms with van der Waals surface area (Å²) in [6.45, 7) is 0. The zero-order valence-electron chi connectivity index (χ0n) is 7.70.